The number of nitrogens with one attached hydrogen (secondary N) is 1. The van der Waals surface area contributed by atoms with Gasteiger partial charge in [0.05, 0.1) is 24.4 Å². The molecule has 0 aliphatic carbocycles. The van der Waals surface area contributed by atoms with E-state index in [1.165, 1.54) is 0 Å². The van der Waals surface area contributed by atoms with Gasteiger partial charge in [-0.2, -0.15) is 0 Å². The molecule has 2 N–H and O–H groups in total. The molecular weight excluding hydrogens is 258 g/mol. The maximum absolute atomic E-state index is 11.8. The van der Waals surface area contributed by atoms with Crippen molar-refractivity contribution in [3.8, 4) is 0 Å². The van der Waals surface area contributed by atoms with Crippen LogP contribution in [-0.2, 0) is 9.47 Å². The van der Waals surface area contributed by atoms with Crippen molar-refractivity contribution in [2.24, 2.45) is 0 Å². The van der Waals surface area contributed by atoms with Gasteiger partial charge in [-0.1, -0.05) is 0 Å². The van der Waals surface area contributed by atoms with Gasteiger partial charge in [-0.15, -0.1) is 0 Å². The van der Waals surface area contributed by atoms with Crippen LogP contribution in [0.25, 0.3) is 0 Å². The molecule has 0 aliphatic heterocycles. The lowest BCUT2D eigenvalue weighted by atomic mass is 10.2. The van der Waals surface area contributed by atoms with Crippen molar-refractivity contribution in [2.45, 2.75) is 26.4 Å². The maximum Gasteiger partial charge on any atom is 0.338 e. The Labute approximate surface area is 119 Å². The van der Waals surface area contributed by atoms with Gasteiger partial charge in [-0.25, -0.2) is 4.79 Å². The summed E-state index contributed by atoms with van der Waals surface area (Å²) in [5.74, 6) is -0.365. The first-order valence-corrected chi connectivity index (χ1v) is 6.68. The van der Waals surface area contributed by atoms with E-state index in [4.69, 9.17) is 14.6 Å². The van der Waals surface area contributed by atoms with Crippen LogP contribution in [0, 0.1) is 0 Å². The van der Waals surface area contributed by atoms with Crippen LogP contribution in [0.5, 0.6) is 0 Å². The zero-order chi connectivity index (χ0) is 15.0. The summed E-state index contributed by atoms with van der Waals surface area (Å²) >= 11 is 0. The number of esters is 1. The van der Waals surface area contributed by atoms with Crippen LogP contribution in [-0.4, -0.2) is 43.0 Å². The first-order valence-electron chi connectivity index (χ1n) is 6.68. The largest absolute Gasteiger partial charge is 0.460 e. The third kappa shape index (κ3) is 6.54. The normalized spacial score (nSPS) is 11.2. The molecule has 20 heavy (non-hydrogen) atoms. The Bertz CT molecular complexity index is 409. The molecule has 0 atom stereocenters. The highest BCUT2D eigenvalue weighted by molar-refractivity contribution is 5.89. The van der Waals surface area contributed by atoms with E-state index in [1.54, 1.807) is 24.3 Å². The minimum Gasteiger partial charge on any atom is -0.460 e. The zero-order valence-electron chi connectivity index (χ0n) is 12.3. The minimum absolute atomic E-state index is 0.0670. The van der Waals surface area contributed by atoms with Gasteiger partial charge in [0.2, 0.25) is 0 Å². The molecule has 0 aliphatic rings. The molecular formula is C15H23NO4. The van der Waals surface area contributed by atoms with E-state index in [9.17, 15) is 4.79 Å². The van der Waals surface area contributed by atoms with Crippen LogP contribution in [0.15, 0.2) is 24.3 Å². The standard InChI is InChI=1S/C15H23NO4/c1-15(2,3)20-11-10-19-14(18)12-4-6-13(7-5-12)16-8-9-17/h4-7,16-17H,8-11H2,1-3H3. The Hall–Kier alpha value is -1.59. The summed E-state index contributed by atoms with van der Waals surface area (Å²) in [5.41, 5.74) is 1.12. The predicted molar refractivity (Wildman–Crippen MR) is 78.0 cm³/mol. The maximum atomic E-state index is 11.8. The van der Waals surface area contributed by atoms with E-state index >= 15 is 0 Å². The average molecular weight is 281 g/mol. The van der Waals surface area contributed by atoms with Crippen molar-refractivity contribution in [3.05, 3.63) is 29.8 Å². The van der Waals surface area contributed by atoms with E-state index in [0.29, 0.717) is 18.7 Å². The molecule has 5 nitrogen and oxygen atoms in total. The van der Waals surface area contributed by atoms with Gasteiger partial charge in [0.15, 0.2) is 0 Å². The molecule has 0 saturated heterocycles. The van der Waals surface area contributed by atoms with E-state index in [2.05, 4.69) is 5.32 Å². The van der Waals surface area contributed by atoms with Crippen LogP contribution in [0.3, 0.4) is 0 Å². The van der Waals surface area contributed by atoms with Crippen LogP contribution in [0.4, 0.5) is 5.69 Å². The summed E-state index contributed by atoms with van der Waals surface area (Å²) in [4.78, 5) is 11.8. The second-order valence-corrected chi connectivity index (χ2v) is 5.32. The van der Waals surface area contributed by atoms with Crippen molar-refractivity contribution < 1.29 is 19.4 Å². The number of aliphatic hydroxyl groups excluding tert-OH is 1. The zero-order valence-corrected chi connectivity index (χ0v) is 12.3. The van der Waals surface area contributed by atoms with Gasteiger partial charge in [-0.3, -0.25) is 0 Å². The molecule has 0 bridgehead atoms. The summed E-state index contributed by atoms with van der Waals surface area (Å²) in [7, 11) is 0. The Balaban J connectivity index is 2.36. The first kappa shape index (κ1) is 16.5. The SMILES string of the molecule is CC(C)(C)OCCOC(=O)c1ccc(NCCO)cc1. The smallest absolute Gasteiger partial charge is 0.338 e. The van der Waals surface area contributed by atoms with Gasteiger partial charge in [0.25, 0.3) is 0 Å². The van der Waals surface area contributed by atoms with Crippen molar-refractivity contribution in [1.82, 2.24) is 0 Å². The molecule has 0 amide bonds. The monoisotopic (exact) mass is 281 g/mol. The van der Waals surface area contributed by atoms with Crippen LogP contribution in [0.2, 0.25) is 0 Å². The van der Waals surface area contributed by atoms with Crippen LogP contribution in [0.1, 0.15) is 31.1 Å². The van der Waals surface area contributed by atoms with Gasteiger partial charge in [0, 0.05) is 12.2 Å². The van der Waals surface area contributed by atoms with Gasteiger partial charge >= 0.3 is 5.97 Å². The number of anilines is 1. The number of carbonyl (C=O) groups excluding carboxylic acids is 1. The lowest BCUT2D eigenvalue weighted by Crippen LogP contribution is -2.22. The number of benzene rings is 1. The third-order valence-electron chi connectivity index (χ3n) is 2.41. The summed E-state index contributed by atoms with van der Waals surface area (Å²) in [5, 5.41) is 11.7. The topological polar surface area (TPSA) is 67.8 Å². The van der Waals surface area contributed by atoms with Gasteiger partial charge in [-0.05, 0) is 45.0 Å². The van der Waals surface area contributed by atoms with Crippen molar-refractivity contribution in [2.75, 3.05) is 31.7 Å². The Kier molecular flexibility index (Phi) is 6.48. The predicted octanol–water partition coefficient (Wildman–Crippen LogP) is 2.06. The molecule has 1 aromatic rings. The third-order valence-corrected chi connectivity index (χ3v) is 2.41. The molecule has 112 valence electrons. The Morgan fingerprint density at radius 3 is 2.40 bits per heavy atom. The molecule has 0 fully saturated rings. The number of hydrogen-bond donors (Lipinski definition) is 2. The van der Waals surface area contributed by atoms with Gasteiger partial charge < -0.3 is 19.9 Å². The number of aliphatic hydroxyl groups is 1. The number of hydrogen-bond acceptors (Lipinski definition) is 5. The summed E-state index contributed by atoms with van der Waals surface area (Å²) < 4.78 is 10.6. The molecule has 0 heterocycles. The van der Waals surface area contributed by atoms with E-state index in [-0.39, 0.29) is 24.8 Å². The quantitative estimate of drug-likeness (QED) is 0.591. The molecule has 0 spiro atoms. The molecule has 5 heteroatoms. The molecule has 1 rings (SSSR count). The second kappa shape index (κ2) is 7.87. The van der Waals surface area contributed by atoms with Crippen LogP contribution < -0.4 is 5.32 Å². The highest BCUT2D eigenvalue weighted by Gasteiger charge is 2.11. The van der Waals surface area contributed by atoms with Crippen LogP contribution >= 0.6 is 0 Å². The lowest BCUT2D eigenvalue weighted by Gasteiger charge is -2.19. The molecule has 0 aromatic heterocycles. The van der Waals surface area contributed by atoms with Crippen molar-refractivity contribution in [1.29, 1.82) is 0 Å². The van der Waals surface area contributed by atoms with E-state index in [0.717, 1.165) is 5.69 Å². The van der Waals surface area contributed by atoms with Crippen molar-refractivity contribution >= 4 is 11.7 Å². The van der Waals surface area contributed by atoms with Crippen molar-refractivity contribution in [3.63, 3.8) is 0 Å². The highest BCUT2D eigenvalue weighted by atomic mass is 16.6. The summed E-state index contributed by atoms with van der Waals surface area (Å²) in [6.07, 6.45) is 0. The number of carbonyl (C=O) groups is 1. The van der Waals surface area contributed by atoms with Gasteiger partial charge in [0.1, 0.15) is 6.61 Å². The fourth-order valence-corrected chi connectivity index (χ4v) is 1.49. The summed E-state index contributed by atoms with van der Waals surface area (Å²) in [6.45, 7) is 7.02. The Morgan fingerprint density at radius 2 is 1.85 bits per heavy atom. The fourth-order valence-electron chi connectivity index (χ4n) is 1.49. The lowest BCUT2D eigenvalue weighted by molar-refractivity contribution is -0.0281. The molecule has 1 aromatic carbocycles. The average Bonchev–Trinajstić information content (AvgIpc) is 2.40. The fraction of sp³-hybridized carbons (Fsp3) is 0.533. The second-order valence-electron chi connectivity index (χ2n) is 5.32. The highest BCUT2D eigenvalue weighted by Crippen LogP contribution is 2.10. The molecule has 0 radical (unpaired) electrons. The first-order chi connectivity index (χ1) is 9.42. The molecule has 0 unspecified atom stereocenters. The van der Waals surface area contributed by atoms with E-state index in [1.807, 2.05) is 20.8 Å². The Morgan fingerprint density at radius 1 is 1.20 bits per heavy atom. The molecule has 0 saturated carbocycles. The summed E-state index contributed by atoms with van der Waals surface area (Å²) in [6, 6.07) is 6.93. The minimum atomic E-state index is -0.365. The van der Waals surface area contributed by atoms with E-state index < -0.39 is 0 Å². The number of rotatable bonds is 7. The number of ether oxygens (including phenoxy) is 2.